The second kappa shape index (κ2) is 4.10. The maximum Gasteiger partial charge on any atom is 0.0641 e. The number of halogens is 1. The van der Waals surface area contributed by atoms with Gasteiger partial charge in [0.15, 0.2) is 0 Å². The van der Waals surface area contributed by atoms with E-state index in [4.69, 9.17) is 22.6 Å². The average Bonchev–Trinajstić information content (AvgIpc) is 2.05. The van der Waals surface area contributed by atoms with E-state index in [9.17, 15) is 0 Å². The lowest BCUT2D eigenvalue weighted by atomic mass is 10.1. The van der Waals surface area contributed by atoms with E-state index in [0.29, 0.717) is 11.4 Å². The number of nitrogens with two attached hydrogens (primary N) is 1. The van der Waals surface area contributed by atoms with Crippen molar-refractivity contribution < 1.29 is 0 Å². The Morgan fingerprint density at radius 1 is 1.50 bits per heavy atom. The largest absolute Gasteiger partial charge is 0.323 e. The van der Waals surface area contributed by atoms with Crippen LogP contribution in [0, 0.1) is 11.3 Å². The quantitative estimate of drug-likeness (QED) is 0.759. The fraction of sp³-hybridized carbons (Fsp3) is 0.222. The maximum atomic E-state index is 8.42. The summed E-state index contributed by atoms with van der Waals surface area (Å²) in [6.45, 7) is 0. The monoisotopic (exact) mass is 180 g/mol. The summed E-state index contributed by atoms with van der Waals surface area (Å²) in [6, 6.07) is 9.04. The predicted molar refractivity (Wildman–Crippen MR) is 48.6 cm³/mol. The first-order chi connectivity index (χ1) is 5.75. The molecule has 0 aliphatic heterocycles. The van der Waals surface area contributed by atoms with Gasteiger partial charge in [0.2, 0.25) is 0 Å². The normalized spacial score (nSPS) is 12.1. The second-order valence-electron chi connectivity index (χ2n) is 2.49. The number of hydrogen-bond acceptors (Lipinski definition) is 2. The van der Waals surface area contributed by atoms with Crippen molar-refractivity contribution in [3.8, 4) is 6.07 Å². The van der Waals surface area contributed by atoms with Crippen molar-refractivity contribution in [3.05, 3.63) is 34.9 Å². The molecule has 62 valence electrons. The minimum Gasteiger partial charge on any atom is -0.323 e. The van der Waals surface area contributed by atoms with Gasteiger partial charge in [-0.25, -0.2) is 0 Å². The van der Waals surface area contributed by atoms with Crippen LogP contribution in [0.25, 0.3) is 0 Å². The van der Waals surface area contributed by atoms with Gasteiger partial charge in [0, 0.05) is 11.1 Å². The van der Waals surface area contributed by atoms with Crippen molar-refractivity contribution in [1.29, 1.82) is 5.26 Å². The molecule has 0 bridgehead atoms. The third-order valence-electron chi connectivity index (χ3n) is 1.62. The van der Waals surface area contributed by atoms with Gasteiger partial charge < -0.3 is 5.73 Å². The molecule has 0 amide bonds. The summed E-state index contributed by atoms with van der Waals surface area (Å²) in [5.41, 5.74) is 6.53. The summed E-state index contributed by atoms with van der Waals surface area (Å²) in [4.78, 5) is 0. The predicted octanol–water partition coefficient (Wildman–Crippen LogP) is 2.25. The number of nitriles is 1. The number of nitrogens with zero attached hydrogens (tertiary/aromatic N) is 1. The zero-order valence-corrected chi connectivity index (χ0v) is 7.25. The highest BCUT2D eigenvalue weighted by Gasteiger charge is 2.07. The standard InChI is InChI=1S/C9H9ClN2/c10-8-4-2-1-3-7(8)9(12)5-6-11/h1-4,9H,5,12H2/t9-/m1/s1. The molecule has 0 saturated carbocycles. The molecule has 0 radical (unpaired) electrons. The third kappa shape index (κ3) is 1.97. The molecule has 12 heavy (non-hydrogen) atoms. The zero-order chi connectivity index (χ0) is 8.97. The first-order valence-electron chi connectivity index (χ1n) is 3.62. The Morgan fingerprint density at radius 3 is 2.75 bits per heavy atom. The Bertz CT molecular complexity index is 304. The van der Waals surface area contributed by atoms with E-state index < -0.39 is 0 Å². The van der Waals surface area contributed by atoms with E-state index in [2.05, 4.69) is 0 Å². The van der Waals surface area contributed by atoms with Gasteiger partial charge >= 0.3 is 0 Å². The van der Waals surface area contributed by atoms with Crippen LogP contribution in [-0.2, 0) is 0 Å². The minimum atomic E-state index is -0.274. The lowest BCUT2D eigenvalue weighted by Crippen LogP contribution is -2.09. The fourth-order valence-electron chi connectivity index (χ4n) is 0.984. The van der Waals surface area contributed by atoms with Crippen LogP contribution >= 0.6 is 11.6 Å². The second-order valence-corrected chi connectivity index (χ2v) is 2.90. The van der Waals surface area contributed by atoms with Crippen molar-refractivity contribution in [3.63, 3.8) is 0 Å². The highest BCUT2D eigenvalue weighted by Crippen LogP contribution is 2.22. The van der Waals surface area contributed by atoms with Crippen LogP contribution in [0.1, 0.15) is 18.0 Å². The highest BCUT2D eigenvalue weighted by atomic mass is 35.5. The third-order valence-corrected chi connectivity index (χ3v) is 1.96. The molecule has 0 fully saturated rings. The summed E-state index contributed by atoms with van der Waals surface area (Å²) in [5, 5.41) is 9.04. The van der Waals surface area contributed by atoms with Crippen LogP contribution in [0.3, 0.4) is 0 Å². The smallest absolute Gasteiger partial charge is 0.0641 e. The molecule has 0 aliphatic carbocycles. The summed E-state index contributed by atoms with van der Waals surface area (Å²) in [5.74, 6) is 0. The first kappa shape index (κ1) is 9.05. The Balaban J connectivity index is 2.88. The Morgan fingerprint density at radius 2 is 2.17 bits per heavy atom. The van der Waals surface area contributed by atoms with Gasteiger partial charge in [-0.2, -0.15) is 5.26 Å². The topological polar surface area (TPSA) is 49.8 Å². The van der Waals surface area contributed by atoms with Crippen molar-refractivity contribution in [2.75, 3.05) is 0 Å². The average molecular weight is 181 g/mol. The van der Waals surface area contributed by atoms with Gasteiger partial charge in [0.1, 0.15) is 0 Å². The molecule has 1 atom stereocenters. The summed E-state index contributed by atoms with van der Waals surface area (Å²) >= 11 is 5.87. The molecule has 0 spiro atoms. The van der Waals surface area contributed by atoms with E-state index in [1.165, 1.54) is 0 Å². The molecule has 0 aliphatic rings. The van der Waals surface area contributed by atoms with Crippen LogP contribution in [0.5, 0.6) is 0 Å². The Hall–Kier alpha value is -1.04. The van der Waals surface area contributed by atoms with Gasteiger partial charge in [-0.05, 0) is 11.6 Å². The molecule has 1 aromatic carbocycles. The molecule has 1 aromatic rings. The van der Waals surface area contributed by atoms with Crippen molar-refractivity contribution in [1.82, 2.24) is 0 Å². The van der Waals surface area contributed by atoms with Crippen LogP contribution in [0.4, 0.5) is 0 Å². The molecule has 0 unspecified atom stereocenters. The van der Waals surface area contributed by atoms with Crippen molar-refractivity contribution >= 4 is 11.6 Å². The molecular formula is C9H9ClN2. The van der Waals surface area contributed by atoms with Crippen molar-refractivity contribution in [2.24, 2.45) is 5.73 Å². The molecule has 0 heterocycles. The molecular weight excluding hydrogens is 172 g/mol. The Labute approximate surface area is 76.6 Å². The van der Waals surface area contributed by atoms with E-state index in [-0.39, 0.29) is 6.04 Å². The molecule has 1 rings (SSSR count). The molecule has 2 N–H and O–H groups in total. The van der Waals surface area contributed by atoms with E-state index in [1.807, 2.05) is 24.3 Å². The summed E-state index contributed by atoms with van der Waals surface area (Å²) < 4.78 is 0. The number of hydrogen-bond donors (Lipinski definition) is 1. The summed E-state index contributed by atoms with van der Waals surface area (Å²) in [6.07, 6.45) is 0.295. The maximum absolute atomic E-state index is 8.42. The zero-order valence-electron chi connectivity index (χ0n) is 6.50. The number of benzene rings is 1. The van der Waals surface area contributed by atoms with Crippen molar-refractivity contribution in [2.45, 2.75) is 12.5 Å². The summed E-state index contributed by atoms with van der Waals surface area (Å²) in [7, 11) is 0. The highest BCUT2D eigenvalue weighted by molar-refractivity contribution is 6.31. The van der Waals surface area contributed by atoms with Crippen LogP contribution in [-0.4, -0.2) is 0 Å². The van der Waals surface area contributed by atoms with E-state index in [1.54, 1.807) is 6.07 Å². The molecule has 2 nitrogen and oxygen atoms in total. The van der Waals surface area contributed by atoms with Gasteiger partial charge in [-0.1, -0.05) is 29.8 Å². The lowest BCUT2D eigenvalue weighted by molar-refractivity contribution is 0.749. The van der Waals surface area contributed by atoms with E-state index in [0.717, 1.165) is 5.56 Å². The molecule has 0 aromatic heterocycles. The van der Waals surface area contributed by atoms with Gasteiger partial charge in [0.25, 0.3) is 0 Å². The molecule has 0 saturated heterocycles. The number of rotatable bonds is 2. The van der Waals surface area contributed by atoms with Gasteiger partial charge in [-0.15, -0.1) is 0 Å². The van der Waals surface area contributed by atoms with Gasteiger partial charge in [0.05, 0.1) is 12.5 Å². The van der Waals surface area contributed by atoms with Crippen LogP contribution < -0.4 is 5.73 Å². The Kier molecular flexibility index (Phi) is 3.09. The van der Waals surface area contributed by atoms with Gasteiger partial charge in [-0.3, -0.25) is 0 Å². The molecule has 3 heteroatoms. The lowest BCUT2D eigenvalue weighted by Gasteiger charge is -2.08. The van der Waals surface area contributed by atoms with Crippen LogP contribution in [0.2, 0.25) is 5.02 Å². The fourth-order valence-corrected chi connectivity index (χ4v) is 1.26. The van der Waals surface area contributed by atoms with E-state index >= 15 is 0 Å². The van der Waals surface area contributed by atoms with Crippen LogP contribution in [0.15, 0.2) is 24.3 Å². The first-order valence-corrected chi connectivity index (χ1v) is 4.00. The minimum absolute atomic E-state index is 0.274. The SMILES string of the molecule is N#CC[C@@H](N)c1ccccc1Cl.